The van der Waals surface area contributed by atoms with Crippen LogP contribution in [-0.4, -0.2) is 22.2 Å². The summed E-state index contributed by atoms with van der Waals surface area (Å²) in [5.41, 5.74) is 1.13. The number of carbonyl (C=O) groups is 1. The van der Waals surface area contributed by atoms with Crippen molar-refractivity contribution >= 4 is 16.9 Å². The minimum Gasteiger partial charge on any atom is -0.493 e. The second-order valence-electron chi connectivity index (χ2n) is 3.52. The Bertz CT molecular complexity index is 542. The fourth-order valence-electron chi connectivity index (χ4n) is 1.82. The van der Waals surface area contributed by atoms with Crippen molar-refractivity contribution in [2.45, 2.75) is 6.92 Å². The molecule has 0 saturated carbocycles. The highest BCUT2D eigenvalue weighted by Gasteiger charge is 2.14. The van der Waals surface area contributed by atoms with E-state index < -0.39 is 5.97 Å². The normalized spacial score (nSPS) is 10.6. The summed E-state index contributed by atoms with van der Waals surface area (Å²) in [7, 11) is 1.74. The van der Waals surface area contributed by atoms with E-state index in [-0.39, 0.29) is 5.69 Å². The highest BCUT2D eigenvalue weighted by molar-refractivity contribution is 5.97. The summed E-state index contributed by atoms with van der Waals surface area (Å²) in [4.78, 5) is 11.0. The third-order valence-corrected chi connectivity index (χ3v) is 2.57. The average molecular weight is 219 g/mol. The van der Waals surface area contributed by atoms with Crippen LogP contribution in [-0.2, 0) is 7.05 Å². The van der Waals surface area contributed by atoms with Crippen LogP contribution < -0.4 is 4.74 Å². The average Bonchev–Trinajstić information content (AvgIpc) is 2.58. The molecule has 16 heavy (non-hydrogen) atoms. The van der Waals surface area contributed by atoms with Gasteiger partial charge in [-0.3, -0.25) is 0 Å². The Morgan fingerprint density at radius 2 is 2.25 bits per heavy atom. The van der Waals surface area contributed by atoms with E-state index in [2.05, 4.69) is 0 Å². The predicted octanol–water partition coefficient (Wildman–Crippen LogP) is 2.28. The standard InChI is InChI=1S/C12H13NO3/c1-3-16-11-6-4-5-9-8(11)7-10(12(14)15)13(9)2/h4-7H,3H2,1-2H3,(H,14,15). The lowest BCUT2D eigenvalue weighted by molar-refractivity contribution is 0.0687. The highest BCUT2D eigenvalue weighted by Crippen LogP contribution is 2.28. The van der Waals surface area contributed by atoms with Gasteiger partial charge in [-0.05, 0) is 25.1 Å². The Balaban J connectivity index is 2.70. The molecule has 0 aliphatic rings. The molecule has 0 unspecified atom stereocenters. The number of benzene rings is 1. The summed E-state index contributed by atoms with van der Waals surface area (Å²) in [6.07, 6.45) is 0. The maximum atomic E-state index is 11.0. The Morgan fingerprint density at radius 1 is 1.50 bits per heavy atom. The lowest BCUT2D eigenvalue weighted by Gasteiger charge is -2.04. The minimum atomic E-state index is -0.929. The van der Waals surface area contributed by atoms with Gasteiger partial charge in [0.25, 0.3) is 0 Å². The maximum Gasteiger partial charge on any atom is 0.352 e. The molecular formula is C12H13NO3. The van der Waals surface area contributed by atoms with Gasteiger partial charge in [0.1, 0.15) is 11.4 Å². The SMILES string of the molecule is CCOc1cccc2c1cc(C(=O)O)n2C. The summed E-state index contributed by atoms with van der Waals surface area (Å²) < 4.78 is 7.11. The molecule has 0 atom stereocenters. The number of aromatic carboxylic acids is 1. The second kappa shape index (κ2) is 3.89. The Hall–Kier alpha value is -1.97. The smallest absolute Gasteiger partial charge is 0.352 e. The minimum absolute atomic E-state index is 0.266. The predicted molar refractivity (Wildman–Crippen MR) is 61.0 cm³/mol. The number of hydrogen-bond acceptors (Lipinski definition) is 2. The number of nitrogens with zero attached hydrogens (tertiary/aromatic N) is 1. The zero-order valence-electron chi connectivity index (χ0n) is 9.23. The van der Waals surface area contributed by atoms with Crippen LogP contribution in [0.25, 0.3) is 10.9 Å². The van der Waals surface area contributed by atoms with Crippen LogP contribution in [0.15, 0.2) is 24.3 Å². The van der Waals surface area contributed by atoms with E-state index in [0.717, 1.165) is 16.7 Å². The van der Waals surface area contributed by atoms with Gasteiger partial charge in [0, 0.05) is 12.4 Å². The molecule has 4 heteroatoms. The molecule has 1 aromatic carbocycles. The number of hydrogen-bond donors (Lipinski definition) is 1. The van der Waals surface area contributed by atoms with Crippen LogP contribution in [0, 0.1) is 0 Å². The molecule has 0 fully saturated rings. The first-order valence-corrected chi connectivity index (χ1v) is 5.09. The molecule has 2 aromatic rings. The summed E-state index contributed by atoms with van der Waals surface area (Å²) >= 11 is 0. The molecule has 0 aliphatic carbocycles. The van der Waals surface area contributed by atoms with Crippen LogP contribution in [0.3, 0.4) is 0 Å². The van der Waals surface area contributed by atoms with E-state index in [0.29, 0.717) is 6.61 Å². The van der Waals surface area contributed by atoms with Crippen molar-refractivity contribution in [3.63, 3.8) is 0 Å². The van der Waals surface area contributed by atoms with Gasteiger partial charge < -0.3 is 14.4 Å². The third-order valence-electron chi connectivity index (χ3n) is 2.57. The van der Waals surface area contributed by atoms with Gasteiger partial charge in [-0.2, -0.15) is 0 Å². The van der Waals surface area contributed by atoms with Crippen molar-refractivity contribution in [1.82, 2.24) is 4.57 Å². The Kier molecular flexibility index (Phi) is 2.56. The molecule has 0 radical (unpaired) electrons. The van der Waals surface area contributed by atoms with Gasteiger partial charge in [0.15, 0.2) is 0 Å². The summed E-state index contributed by atoms with van der Waals surface area (Å²) in [5.74, 6) is -0.204. The van der Waals surface area contributed by atoms with Crippen molar-refractivity contribution in [2.75, 3.05) is 6.61 Å². The van der Waals surface area contributed by atoms with E-state index in [4.69, 9.17) is 9.84 Å². The quantitative estimate of drug-likeness (QED) is 0.861. The van der Waals surface area contributed by atoms with Crippen molar-refractivity contribution in [3.8, 4) is 5.75 Å². The molecule has 1 heterocycles. The van der Waals surface area contributed by atoms with Gasteiger partial charge >= 0.3 is 5.97 Å². The molecule has 2 rings (SSSR count). The van der Waals surface area contributed by atoms with E-state index in [1.807, 2.05) is 25.1 Å². The van der Waals surface area contributed by atoms with E-state index >= 15 is 0 Å². The van der Waals surface area contributed by atoms with Crippen LogP contribution in [0.4, 0.5) is 0 Å². The van der Waals surface area contributed by atoms with Crippen LogP contribution in [0.5, 0.6) is 5.75 Å². The zero-order chi connectivity index (χ0) is 11.7. The fourth-order valence-corrected chi connectivity index (χ4v) is 1.82. The lowest BCUT2D eigenvalue weighted by Crippen LogP contribution is -2.03. The van der Waals surface area contributed by atoms with Crippen LogP contribution >= 0.6 is 0 Å². The molecular weight excluding hydrogens is 206 g/mol. The Labute approximate surface area is 93.1 Å². The van der Waals surface area contributed by atoms with Crippen LogP contribution in [0.1, 0.15) is 17.4 Å². The van der Waals surface area contributed by atoms with Gasteiger partial charge in [0.05, 0.1) is 12.1 Å². The van der Waals surface area contributed by atoms with E-state index in [1.165, 1.54) is 0 Å². The zero-order valence-corrected chi connectivity index (χ0v) is 9.23. The molecule has 0 spiro atoms. The lowest BCUT2D eigenvalue weighted by atomic mass is 10.2. The molecule has 4 nitrogen and oxygen atoms in total. The number of carboxylic acids is 1. The van der Waals surface area contributed by atoms with Crippen molar-refractivity contribution < 1.29 is 14.6 Å². The second-order valence-corrected chi connectivity index (χ2v) is 3.52. The molecule has 0 bridgehead atoms. The number of aromatic nitrogens is 1. The molecule has 84 valence electrons. The van der Waals surface area contributed by atoms with Gasteiger partial charge in [-0.15, -0.1) is 0 Å². The maximum absolute atomic E-state index is 11.0. The van der Waals surface area contributed by atoms with Gasteiger partial charge in [0.2, 0.25) is 0 Å². The fraction of sp³-hybridized carbons (Fsp3) is 0.250. The molecule has 0 aliphatic heterocycles. The molecule has 1 N–H and O–H groups in total. The first-order chi connectivity index (χ1) is 7.65. The summed E-state index contributed by atoms with van der Waals surface area (Å²) in [6, 6.07) is 7.23. The van der Waals surface area contributed by atoms with Gasteiger partial charge in [-0.25, -0.2) is 4.79 Å². The largest absolute Gasteiger partial charge is 0.493 e. The molecule has 0 saturated heterocycles. The van der Waals surface area contributed by atoms with Gasteiger partial charge in [-0.1, -0.05) is 6.07 Å². The molecule has 0 amide bonds. The number of aryl methyl sites for hydroxylation is 1. The monoisotopic (exact) mass is 219 g/mol. The summed E-state index contributed by atoms with van der Waals surface area (Å²) in [6.45, 7) is 2.47. The number of rotatable bonds is 3. The van der Waals surface area contributed by atoms with Crippen molar-refractivity contribution in [3.05, 3.63) is 30.0 Å². The number of carboxylic acid groups (broad SMARTS) is 1. The first kappa shape index (κ1) is 10.5. The number of ether oxygens (including phenoxy) is 1. The third kappa shape index (κ3) is 1.52. The Morgan fingerprint density at radius 3 is 2.88 bits per heavy atom. The van der Waals surface area contributed by atoms with Crippen LogP contribution in [0.2, 0.25) is 0 Å². The van der Waals surface area contributed by atoms with Crippen molar-refractivity contribution in [2.24, 2.45) is 7.05 Å². The van der Waals surface area contributed by atoms with E-state index in [9.17, 15) is 4.79 Å². The summed E-state index contributed by atoms with van der Waals surface area (Å²) in [5, 5.41) is 9.86. The number of fused-ring (bicyclic) bond motifs is 1. The highest BCUT2D eigenvalue weighted by atomic mass is 16.5. The molecule has 1 aromatic heterocycles. The topological polar surface area (TPSA) is 51.5 Å². The first-order valence-electron chi connectivity index (χ1n) is 5.09. The van der Waals surface area contributed by atoms with E-state index in [1.54, 1.807) is 17.7 Å². The van der Waals surface area contributed by atoms with Crippen molar-refractivity contribution in [1.29, 1.82) is 0 Å².